The molecule has 0 bridgehead atoms. The fraction of sp³-hybridized carbons (Fsp3) is 0. The molecule has 4 aromatic carbocycles. The third-order valence-electron chi connectivity index (χ3n) is 6.57. The van der Waals surface area contributed by atoms with Crippen LogP contribution in [-0.4, -0.2) is 19.5 Å². The van der Waals surface area contributed by atoms with Crippen molar-refractivity contribution in [1.29, 1.82) is 0 Å². The highest BCUT2D eigenvalue weighted by Crippen LogP contribution is 2.35. The number of hydrogen-bond acceptors (Lipinski definition) is 3. The monoisotopic (exact) mass is 448 g/mol. The first-order valence-electron chi connectivity index (χ1n) is 11.6. The van der Waals surface area contributed by atoms with Crippen LogP contribution in [0, 0.1) is 0 Å². The van der Waals surface area contributed by atoms with Crippen LogP contribution in [-0.2, 0) is 0 Å². The van der Waals surface area contributed by atoms with Gasteiger partial charge in [-0.1, -0.05) is 60.7 Å². The van der Waals surface area contributed by atoms with Crippen LogP contribution >= 0.6 is 0 Å². The van der Waals surface area contributed by atoms with E-state index in [1.807, 2.05) is 55.1 Å². The van der Waals surface area contributed by atoms with E-state index in [2.05, 4.69) is 86.2 Å². The van der Waals surface area contributed by atoms with Crippen molar-refractivity contribution in [3.8, 4) is 28.2 Å². The van der Waals surface area contributed by atoms with Gasteiger partial charge < -0.3 is 4.57 Å². The second-order valence-electron chi connectivity index (χ2n) is 8.65. The van der Waals surface area contributed by atoms with Crippen molar-refractivity contribution in [2.24, 2.45) is 0 Å². The second-order valence-corrected chi connectivity index (χ2v) is 8.65. The molecule has 4 heteroatoms. The lowest BCUT2D eigenvalue weighted by Crippen LogP contribution is -1.94. The van der Waals surface area contributed by atoms with E-state index in [9.17, 15) is 0 Å². The molecule has 0 atom stereocenters. The van der Waals surface area contributed by atoms with E-state index in [0.29, 0.717) is 0 Å². The summed E-state index contributed by atoms with van der Waals surface area (Å²) in [5.41, 5.74) is 6.61. The number of benzene rings is 4. The molecule has 3 heterocycles. The summed E-state index contributed by atoms with van der Waals surface area (Å²) in [5.74, 6) is 0.735. The number of fused-ring (bicyclic) bond motifs is 4. The van der Waals surface area contributed by atoms with Gasteiger partial charge in [0.25, 0.3) is 0 Å². The molecule has 0 fully saturated rings. The summed E-state index contributed by atoms with van der Waals surface area (Å²) >= 11 is 0. The van der Waals surface area contributed by atoms with Gasteiger partial charge in [-0.05, 0) is 47.3 Å². The largest absolute Gasteiger partial charge is 0.309 e. The Balaban J connectivity index is 1.38. The summed E-state index contributed by atoms with van der Waals surface area (Å²) in [4.78, 5) is 13.5. The Hall–Kier alpha value is -4.83. The van der Waals surface area contributed by atoms with Gasteiger partial charge in [0.15, 0.2) is 5.82 Å². The predicted molar refractivity (Wildman–Crippen MR) is 143 cm³/mol. The quantitative estimate of drug-likeness (QED) is 0.282. The van der Waals surface area contributed by atoms with Gasteiger partial charge in [-0.15, -0.1) is 0 Å². The Kier molecular flexibility index (Phi) is 4.42. The molecule has 35 heavy (non-hydrogen) atoms. The predicted octanol–water partition coefficient (Wildman–Crippen LogP) is 7.46. The molecule has 7 aromatic rings. The van der Waals surface area contributed by atoms with E-state index in [1.165, 1.54) is 27.2 Å². The highest BCUT2D eigenvalue weighted by molar-refractivity contribution is 6.10. The van der Waals surface area contributed by atoms with Crippen LogP contribution in [0.25, 0.3) is 60.8 Å². The first kappa shape index (κ1) is 19.6. The number of aromatic nitrogens is 4. The number of rotatable bonds is 3. The van der Waals surface area contributed by atoms with Gasteiger partial charge in [-0.3, -0.25) is 4.98 Å². The lowest BCUT2D eigenvalue weighted by atomic mass is 10.0. The van der Waals surface area contributed by atoms with Crippen molar-refractivity contribution >= 4 is 32.6 Å². The Labute approximate surface area is 202 Å². The lowest BCUT2D eigenvalue weighted by Gasteiger charge is -2.09. The van der Waals surface area contributed by atoms with Crippen LogP contribution in [0.1, 0.15) is 0 Å². The molecule has 0 saturated heterocycles. The molecule has 0 radical (unpaired) electrons. The third kappa shape index (κ3) is 3.27. The van der Waals surface area contributed by atoms with E-state index in [-0.39, 0.29) is 0 Å². The zero-order chi connectivity index (χ0) is 23.2. The van der Waals surface area contributed by atoms with Gasteiger partial charge in [0.1, 0.15) is 0 Å². The average Bonchev–Trinajstić information content (AvgIpc) is 3.27. The maximum atomic E-state index is 4.63. The summed E-state index contributed by atoms with van der Waals surface area (Å²) in [5, 5.41) is 4.75. The summed E-state index contributed by atoms with van der Waals surface area (Å²) in [6.45, 7) is 0. The molecule has 0 aliphatic carbocycles. The molecule has 0 saturated carbocycles. The van der Waals surface area contributed by atoms with Crippen LogP contribution < -0.4 is 0 Å². The molecule has 0 N–H and O–H groups in total. The van der Waals surface area contributed by atoms with Crippen molar-refractivity contribution in [3.63, 3.8) is 0 Å². The molecule has 7 rings (SSSR count). The summed E-state index contributed by atoms with van der Waals surface area (Å²) < 4.78 is 2.34. The fourth-order valence-electron chi connectivity index (χ4n) is 4.85. The fourth-order valence-corrected chi connectivity index (χ4v) is 4.85. The lowest BCUT2D eigenvalue weighted by molar-refractivity contribution is 1.18. The van der Waals surface area contributed by atoms with E-state index >= 15 is 0 Å². The highest BCUT2D eigenvalue weighted by Gasteiger charge is 2.14. The van der Waals surface area contributed by atoms with E-state index in [0.717, 1.165) is 33.6 Å². The van der Waals surface area contributed by atoms with Crippen molar-refractivity contribution in [2.45, 2.75) is 0 Å². The minimum absolute atomic E-state index is 0.735. The maximum Gasteiger partial charge on any atom is 0.159 e. The maximum absolute atomic E-state index is 4.63. The number of pyridine rings is 1. The molecule has 0 aliphatic rings. The molecule has 0 aliphatic heterocycles. The Morgan fingerprint density at radius 1 is 0.514 bits per heavy atom. The normalized spacial score (nSPS) is 11.4. The average molecular weight is 449 g/mol. The van der Waals surface area contributed by atoms with Gasteiger partial charge in [0.2, 0.25) is 0 Å². The van der Waals surface area contributed by atoms with Gasteiger partial charge in [-0.25, -0.2) is 9.97 Å². The molecule has 4 nitrogen and oxygen atoms in total. The summed E-state index contributed by atoms with van der Waals surface area (Å²) in [6, 6.07) is 33.8. The van der Waals surface area contributed by atoms with Gasteiger partial charge in [0.05, 0.1) is 11.0 Å². The topological polar surface area (TPSA) is 43.6 Å². The van der Waals surface area contributed by atoms with E-state index in [1.54, 1.807) is 0 Å². The first-order valence-corrected chi connectivity index (χ1v) is 11.6. The number of hydrogen-bond donors (Lipinski definition) is 0. The molecular weight excluding hydrogens is 428 g/mol. The zero-order valence-corrected chi connectivity index (χ0v) is 18.8. The van der Waals surface area contributed by atoms with Gasteiger partial charge >= 0.3 is 0 Å². The molecular formula is C31H20N4. The molecule has 3 aromatic heterocycles. The van der Waals surface area contributed by atoms with Crippen LogP contribution in [0.3, 0.4) is 0 Å². The molecule has 0 unspecified atom stereocenters. The van der Waals surface area contributed by atoms with Crippen LogP contribution in [0.15, 0.2) is 122 Å². The number of para-hydroxylation sites is 1. The standard InChI is InChI=1S/C31H20N4/c1-2-6-21(7-3-1)31-33-19-25(20-34-31)22-11-13-30-28(17-22)27-8-4-5-9-29(27)35(30)26-12-10-24-18-32-15-14-23(24)16-26/h1-20H. The number of nitrogens with zero attached hydrogens (tertiary/aromatic N) is 4. The second kappa shape index (κ2) is 7.89. The molecule has 0 amide bonds. The van der Waals surface area contributed by atoms with Crippen LogP contribution in [0.5, 0.6) is 0 Å². The van der Waals surface area contributed by atoms with Crippen LogP contribution in [0.2, 0.25) is 0 Å². The first-order chi connectivity index (χ1) is 17.3. The summed E-state index contributed by atoms with van der Waals surface area (Å²) in [7, 11) is 0. The Bertz CT molecular complexity index is 1830. The van der Waals surface area contributed by atoms with Crippen molar-refractivity contribution < 1.29 is 0 Å². The highest BCUT2D eigenvalue weighted by atomic mass is 15.0. The summed E-state index contributed by atoms with van der Waals surface area (Å²) in [6.07, 6.45) is 7.57. The van der Waals surface area contributed by atoms with Crippen LogP contribution in [0.4, 0.5) is 0 Å². The van der Waals surface area contributed by atoms with Gasteiger partial charge in [-0.2, -0.15) is 0 Å². The molecule has 164 valence electrons. The minimum atomic E-state index is 0.735. The zero-order valence-electron chi connectivity index (χ0n) is 18.8. The van der Waals surface area contributed by atoms with Gasteiger partial charge in [0, 0.05) is 57.8 Å². The third-order valence-corrected chi connectivity index (χ3v) is 6.57. The van der Waals surface area contributed by atoms with E-state index in [4.69, 9.17) is 0 Å². The van der Waals surface area contributed by atoms with Crippen molar-refractivity contribution in [1.82, 2.24) is 19.5 Å². The SMILES string of the molecule is c1ccc(-c2ncc(-c3ccc4c(c3)c3ccccc3n4-c3ccc4cnccc4c3)cn2)cc1. The smallest absolute Gasteiger partial charge is 0.159 e. The Morgan fingerprint density at radius 2 is 1.31 bits per heavy atom. The van der Waals surface area contributed by atoms with Crippen molar-refractivity contribution in [2.75, 3.05) is 0 Å². The van der Waals surface area contributed by atoms with E-state index < -0.39 is 0 Å². The molecule has 0 spiro atoms. The minimum Gasteiger partial charge on any atom is -0.309 e. The van der Waals surface area contributed by atoms with Crippen molar-refractivity contribution in [3.05, 3.63) is 122 Å². The Morgan fingerprint density at radius 3 is 2.20 bits per heavy atom.